The molecule has 0 aliphatic carbocycles. The lowest BCUT2D eigenvalue weighted by Gasteiger charge is -2.35. The number of benzene rings is 2. The zero-order valence-electron chi connectivity index (χ0n) is 18.2. The minimum atomic E-state index is -0.623. The predicted octanol–water partition coefficient (Wildman–Crippen LogP) is 4.81. The van der Waals surface area contributed by atoms with Crippen LogP contribution in [0.4, 0.5) is 21.9 Å². The smallest absolute Gasteiger partial charge is 0.299 e. The Morgan fingerprint density at radius 1 is 1.21 bits per heavy atom. The van der Waals surface area contributed by atoms with E-state index in [0.29, 0.717) is 18.1 Å². The fourth-order valence-corrected chi connectivity index (χ4v) is 4.36. The van der Waals surface area contributed by atoms with Crippen molar-refractivity contribution in [3.8, 4) is 0 Å². The van der Waals surface area contributed by atoms with Gasteiger partial charge in [-0.3, -0.25) is 9.69 Å². The summed E-state index contributed by atoms with van der Waals surface area (Å²) in [6.45, 7) is 3.52. The van der Waals surface area contributed by atoms with Crippen LogP contribution in [-0.2, 0) is 0 Å². The Balaban J connectivity index is 1.56. The summed E-state index contributed by atoms with van der Waals surface area (Å²) >= 11 is 0. The molecule has 1 saturated heterocycles. The Hall–Kier alpha value is -3.78. The predicted molar refractivity (Wildman–Crippen MR) is 125 cm³/mol. The molecule has 5 rings (SSSR count). The largest absolute Gasteiger partial charge is 0.432 e. The van der Waals surface area contributed by atoms with Crippen LogP contribution in [0.3, 0.4) is 0 Å². The fraction of sp³-hybridized carbons (Fsp3) is 0.240. The molecule has 0 unspecified atom stereocenters. The van der Waals surface area contributed by atoms with E-state index in [9.17, 15) is 4.79 Å². The van der Waals surface area contributed by atoms with Gasteiger partial charge in [-0.1, -0.05) is 18.2 Å². The number of hydrogen-bond donors (Lipinski definition) is 2. The van der Waals surface area contributed by atoms with E-state index in [1.54, 1.807) is 17.2 Å². The van der Waals surface area contributed by atoms with E-state index in [1.807, 2.05) is 31.2 Å². The summed E-state index contributed by atoms with van der Waals surface area (Å²) in [5.41, 5.74) is 1.45. The highest BCUT2D eigenvalue weighted by atomic mass is 19.1. The maximum atomic E-state index is 15.2. The molecule has 3 heterocycles. The average molecular weight is 445 g/mol. The summed E-state index contributed by atoms with van der Waals surface area (Å²) in [7, 11) is 0. The Labute approximate surface area is 190 Å². The lowest BCUT2D eigenvalue weighted by Crippen LogP contribution is -2.49. The molecular weight excluding hydrogens is 421 g/mol. The van der Waals surface area contributed by atoms with Gasteiger partial charge in [0.1, 0.15) is 17.9 Å². The van der Waals surface area contributed by atoms with Crippen LogP contribution >= 0.6 is 0 Å². The first-order valence-corrected chi connectivity index (χ1v) is 11.0. The standard InChI is InChI=1S/C25H24FN5O2/c1-16-4-2-5-17-9-11-28-23(22(16)17)31(19-6-3-10-27-15-19)24(32)20-8-7-18(14-21(20)26)30-25-29-12-13-33-25/h2,4-5,7-9,11-14,19,27H,3,6,10,15H2,1H3,(H,29,30)/t19-/m1/s1. The van der Waals surface area contributed by atoms with Gasteiger partial charge in [-0.15, -0.1) is 0 Å². The maximum Gasteiger partial charge on any atom is 0.299 e. The molecule has 0 spiro atoms. The number of halogens is 1. The zero-order chi connectivity index (χ0) is 22.8. The summed E-state index contributed by atoms with van der Waals surface area (Å²) in [4.78, 5) is 24.1. The second-order valence-corrected chi connectivity index (χ2v) is 8.14. The first-order valence-electron chi connectivity index (χ1n) is 11.0. The monoisotopic (exact) mass is 445 g/mol. The number of aryl methyl sites for hydroxylation is 1. The number of aromatic nitrogens is 2. The third-order valence-corrected chi connectivity index (χ3v) is 5.95. The molecule has 168 valence electrons. The second-order valence-electron chi connectivity index (χ2n) is 8.14. The van der Waals surface area contributed by atoms with Crippen molar-refractivity contribution in [1.82, 2.24) is 15.3 Å². The van der Waals surface area contributed by atoms with Gasteiger partial charge in [-0.05, 0) is 61.5 Å². The molecule has 7 nitrogen and oxygen atoms in total. The number of pyridine rings is 1. The van der Waals surface area contributed by atoms with Crippen molar-refractivity contribution in [2.75, 3.05) is 23.3 Å². The minimum absolute atomic E-state index is 0.00841. The number of nitrogens with zero attached hydrogens (tertiary/aromatic N) is 3. The van der Waals surface area contributed by atoms with E-state index < -0.39 is 11.7 Å². The van der Waals surface area contributed by atoms with E-state index in [2.05, 4.69) is 20.6 Å². The van der Waals surface area contributed by atoms with Gasteiger partial charge in [-0.2, -0.15) is 0 Å². The van der Waals surface area contributed by atoms with Gasteiger partial charge in [0.25, 0.3) is 11.9 Å². The Kier molecular flexibility index (Phi) is 5.75. The molecule has 1 aliphatic heterocycles. The molecule has 2 aromatic heterocycles. The molecule has 0 bridgehead atoms. The van der Waals surface area contributed by atoms with Gasteiger partial charge in [-0.25, -0.2) is 14.4 Å². The highest BCUT2D eigenvalue weighted by molar-refractivity contribution is 6.11. The average Bonchev–Trinajstić information content (AvgIpc) is 3.33. The van der Waals surface area contributed by atoms with Gasteiger partial charge in [0.05, 0.1) is 17.8 Å². The van der Waals surface area contributed by atoms with Crippen molar-refractivity contribution in [3.63, 3.8) is 0 Å². The van der Waals surface area contributed by atoms with E-state index >= 15 is 4.39 Å². The number of rotatable bonds is 5. The highest BCUT2D eigenvalue weighted by Gasteiger charge is 2.31. The molecule has 2 aromatic carbocycles. The fourth-order valence-electron chi connectivity index (χ4n) is 4.36. The molecule has 33 heavy (non-hydrogen) atoms. The molecule has 2 N–H and O–H groups in total. The van der Waals surface area contributed by atoms with Crippen LogP contribution in [0.15, 0.2) is 65.5 Å². The maximum absolute atomic E-state index is 15.2. The van der Waals surface area contributed by atoms with Crippen molar-refractivity contribution >= 4 is 34.2 Å². The highest BCUT2D eigenvalue weighted by Crippen LogP contribution is 2.32. The molecule has 4 aromatic rings. The van der Waals surface area contributed by atoms with Crippen LogP contribution in [0.2, 0.25) is 0 Å². The zero-order valence-corrected chi connectivity index (χ0v) is 18.2. The summed E-state index contributed by atoms with van der Waals surface area (Å²) < 4.78 is 20.3. The Bertz CT molecular complexity index is 1280. The summed E-state index contributed by atoms with van der Waals surface area (Å²) in [6.07, 6.45) is 6.36. The van der Waals surface area contributed by atoms with Crippen molar-refractivity contribution in [3.05, 3.63) is 78.1 Å². The number of piperidine rings is 1. The molecule has 8 heteroatoms. The molecule has 0 radical (unpaired) electrons. The first kappa shape index (κ1) is 21.1. The lowest BCUT2D eigenvalue weighted by atomic mass is 10.0. The second kappa shape index (κ2) is 8.99. The van der Waals surface area contributed by atoms with Crippen LogP contribution in [0.1, 0.15) is 28.8 Å². The van der Waals surface area contributed by atoms with E-state index in [-0.39, 0.29) is 17.6 Å². The molecule has 1 fully saturated rings. The van der Waals surface area contributed by atoms with Crippen LogP contribution in [0.5, 0.6) is 0 Å². The number of nitrogens with one attached hydrogen (secondary N) is 2. The van der Waals surface area contributed by atoms with Crippen LogP contribution < -0.4 is 15.5 Å². The molecule has 1 atom stereocenters. The topological polar surface area (TPSA) is 83.3 Å². The molecular formula is C25H24FN5O2. The van der Waals surface area contributed by atoms with Gasteiger partial charge in [0.15, 0.2) is 0 Å². The number of hydrogen-bond acceptors (Lipinski definition) is 6. The van der Waals surface area contributed by atoms with Crippen LogP contribution in [0, 0.1) is 12.7 Å². The number of anilines is 3. The van der Waals surface area contributed by atoms with Crippen LogP contribution in [-0.4, -0.2) is 35.0 Å². The number of carbonyl (C=O) groups is 1. The number of oxazole rings is 1. The van der Waals surface area contributed by atoms with E-state index in [1.165, 1.54) is 24.6 Å². The molecule has 0 saturated carbocycles. The van der Waals surface area contributed by atoms with Gasteiger partial charge in [0, 0.05) is 23.8 Å². The van der Waals surface area contributed by atoms with Crippen molar-refractivity contribution in [2.24, 2.45) is 0 Å². The minimum Gasteiger partial charge on any atom is -0.432 e. The van der Waals surface area contributed by atoms with Gasteiger partial charge < -0.3 is 15.1 Å². The summed E-state index contributed by atoms with van der Waals surface area (Å²) in [5.74, 6) is -0.472. The Morgan fingerprint density at radius 3 is 2.88 bits per heavy atom. The normalized spacial score (nSPS) is 16.0. The van der Waals surface area contributed by atoms with Crippen molar-refractivity contribution in [2.45, 2.75) is 25.8 Å². The third-order valence-electron chi connectivity index (χ3n) is 5.95. The number of amides is 1. The van der Waals surface area contributed by atoms with Crippen molar-refractivity contribution in [1.29, 1.82) is 0 Å². The third kappa shape index (κ3) is 4.17. The number of fused-ring (bicyclic) bond motifs is 1. The first-order chi connectivity index (χ1) is 16.1. The van der Waals surface area contributed by atoms with Gasteiger partial charge in [0.2, 0.25) is 0 Å². The van der Waals surface area contributed by atoms with Gasteiger partial charge >= 0.3 is 0 Å². The molecule has 1 amide bonds. The number of carbonyl (C=O) groups excluding carboxylic acids is 1. The SMILES string of the molecule is Cc1cccc2ccnc(N(C(=O)c3ccc(Nc4ncco4)cc3F)[C@@H]3CCCNC3)c12. The summed E-state index contributed by atoms with van der Waals surface area (Å²) in [6, 6.07) is 12.4. The lowest BCUT2D eigenvalue weighted by molar-refractivity contribution is 0.0968. The van der Waals surface area contributed by atoms with E-state index in [4.69, 9.17) is 4.42 Å². The van der Waals surface area contributed by atoms with Crippen LogP contribution in [0.25, 0.3) is 10.8 Å². The Morgan fingerprint density at radius 2 is 2.12 bits per heavy atom. The van der Waals surface area contributed by atoms with E-state index in [0.717, 1.165) is 35.7 Å². The van der Waals surface area contributed by atoms with Crippen molar-refractivity contribution < 1.29 is 13.6 Å². The quantitative estimate of drug-likeness (QED) is 0.459. The molecule has 1 aliphatic rings. The summed E-state index contributed by atoms with van der Waals surface area (Å²) in [5, 5.41) is 8.14.